The molecule has 2 aromatic carbocycles. The van der Waals surface area contributed by atoms with Gasteiger partial charge in [-0.15, -0.1) is 0 Å². The van der Waals surface area contributed by atoms with Gasteiger partial charge in [0, 0.05) is 19.2 Å². The van der Waals surface area contributed by atoms with Crippen molar-refractivity contribution in [1.82, 2.24) is 4.90 Å². The number of hydrogen-bond acceptors (Lipinski definition) is 4. The van der Waals surface area contributed by atoms with E-state index in [0.29, 0.717) is 44.4 Å². The van der Waals surface area contributed by atoms with Gasteiger partial charge in [0.25, 0.3) is 0 Å². The van der Waals surface area contributed by atoms with Gasteiger partial charge in [-0.25, -0.2) is 4.79 Å². The monoisotopic (exact) mass is 313 g/mol. The number of benzene rings is 2. The van der Waals surface area contributed by atoms with Crippen LogP contribution in [0.3, 0.4) is 0 Å². The molecule has 23 heavy (non-hydrogen) atoms. The van der Waals surface area contributed by atoms with Gasteiger partial charge in [0.1, 0.15) is 18.1 Å². The molecule has 0 atom stereocenters. The average molecular weight is 313 g/mol. The third kappa shape index (κ3) is 4.47. The van der Waals surface area contributed by atoms with Crippen LogP contribution in [0, 0.1) is 0 Å². The first-order chi connectivity index (χ1) is 11.3. The van der Waals surface area contributed by atoms with Crippen molar-refractivity contribution in [3.8, 4) is 11.5 Å². The summed E-state index contributed by atoms with van der Waals surface area (Å²) in [4.78, 5) is 13.7. The van der Waals surface area contributed by atoms with E-state index >= 15 is 0 Å². The lowest BCUT2D eigenvalue weighted by molar-refractivity contribution is 0.0415. The van der Waals surface area contributed by atoms with E-state index in [1.807, 2.05) is 42.5 Å². The van der Waals surface area contributed by atoms with Crippen molar-refractivity contribution in [1.29, 1.82) is 0 Å². The summed E-state index contributed by atoms with van der Waals surface area (Å²) >= 11 is 0. The van der Waals surface area contributed by atoms with Gasteiger partial charge < -0.3 is 19.1 Å². The van der Waals surface area contributed by atoms with Crippen LogP contribution in [-0.4, -0.2) is 37.3 Å². The quantitative estimate of drug-likeness (QED) is 0.870. The predicted molar refractivity (Wildman–Crippen MR) is 85.6 cm³/mol. The molecule has 120 valence electrons. The minimum absolute atomic E-state index is 0.353. The molecule has 1 aliphatic heterocycles. The molecule has 5 nitrogen and oxygen atoms in total. The third-order valence-electron chi connectivity index (χ3n) is 3.53. The Bertz CT molecular complexity index is 638. The summed E-state index contributed by atoms with van der Waals surface area (Å²) < 4.78 is 16.4. The molecule has 1 saturated heterocycles. The molecular formula is C18H19NO4. The minimum Gasteiger partial charge on any atom is -0.489 e. The lowest BCUT2D eigenvalue weighted by Crippen LogP contribution is -2.42. The first-order valence-corrected chi connectivity index (χ1v) is 7.62. The number of carbonyl (C=O) groups excluding carboxylic acids is 1. The van der Waals surface area contributed by atoms with Crippen molar-refractivity contribution in [2.24, 2.45) is 0 Å². The van der Waals surface area contributed by atoms with Crippen molar-refractivity contribution in [2.75, 3.05) is 26.3 Å². The molecule has 0 bridgehead atoms. The van der Waals surface area contributed by atoms with E-state index in [1.165, 1.54) is 0 Å². The second kappa shape index (κ2) is 7.65. The van der Waals surface area contributed by atoms with Crippen LogP contribution in [0.15, 0.2) is 54.6 Å². The lowest BCUT2D eigenvalue weighted by atomic mass is 10.2. The number of ether oxygens (including phenoxy) is 3. The Kier molecular flexibility index (Phi) is 5.11. The molecule has 1 fully saturated rings. The maximum absolute atomic E-state index is 12.1. The van der Waals surface area contributed by atoms with Crippen molar-refractivity contribution >= 4 is 6.09 Å². The van der Waals surface area contributed by atoms with Crippen LogP contribution in [0.1, 0.15) is 5.56 Å². The third-order valence-corrected chi connectivity index (χ3v) is 3.53. The molecule has 5 heteroatoms. The summed E-state index contributed by atoms with van der Waals surface area (Å²) in [5.41, 5.74) is 1.09. The number of rotatable bonds is 4. The van der Waals surface area contributed by atoms with Crippen LogP contribution in [0.4, 0.5) is 4.79 Å². The van der Waals surface area contributed by atoms with Crippen LogP contribution in [0.2, 0.25) is 0 Å². The molecule has 3 rings (SSSR count). The Labute approximate surface area is 135 Å². The lowest BCUT2D eigenvalue weighted by Gasteiger charge is -2.25. The van der Waals surface area contributed by atoms with Crippen molar-refractivity contribution in [3.05, 3.63) is 60.2 Å². The second-order valence-electron chi connectivity index (χ2n) is 5.22. The van der Waals surface area contributed by atoms with Crippen LogP contribution in [0.25, 0.3) is 0 Å². The van der Waals surface area contributed by atoms with Gasteiger partial charge >= 0.3 is 6.09 Å². The standard InChI is InChI=1S/C18H19NO4/c20-18(19-9-11-21-12-10-19)23-17-8-4-7-16(13-17)22-14-15-5-2-1-3-6-15/h1-8,13H,9-12,14H2. The largest absolute Gasteiger partial charge is 0.489 e. The van der Waals surface area contributed by atoms with Crippen molar-refractivity contribution in [3.63, 3.8) is 0 Å². The summed E-state index contributed by atoms with van der Waals surface area (Å²) in [6.07, 6.45) is -0.353. The molecule has 0 saturated carbocycles. The zero-order chi connectivity index (χ0) is 15.9. The number of hydrogen-bond donors (Lipinski definition) is 0. The summed E-state index contributed by atoms with van der Waals surface area (Å²) in [6, 6.07) is 17.0. The minimum atomic E-state index is -0.353. The Hall–Kier alpha value is -2.53. The normalized spacial score (nSPS) is 14.3. The van der Waals surface area contributed by atoms with Crippen LogP contribution in [-0.2, 0) is 11.3 Å². The van der Waals surface area contributed by atoms with Gasteiger partial charge in [-0.05, 0) is 17.7 Å². The maximum Gasteiger partial charge on any atom is 0.415 e. The van der Waals surface area contributed by atoms with Gasteiger partial charge in [0.2, 0.25) is 0 Å². The molecule has 1 heterocycles. The first-order valence-electron chi connectivity index (χ1n) is 7.62. The Morgan fingerprint density at radius 2 is 1.74 bits per heavy atom. The van der Waals surface area contributed by atoms with Crippen molar-refractivity contribution < 1.29 is 19.0 Å². The molecule has 0 radical (unpaired) electrons. The second-order valence-corrected chi connectivity index (χ2v) is 5.22. The smallest absolute Gasteiger partial charge is 0.415 e. The first kappa shape index (κ1) is 15.4. The maximum atomic E-state index is 12.1. The molecule has 0 aromatic heterocycles. The van der Waals surface area contributed by atoms with E-state index in [2.05, 4.69) is 0 Å². The molecular weight excluding hydrogens is 294 g/mol. The van der Waals surface area contributed by atoms with Gasteiger partial charge in [0.15, 0.2) is 0 Å². The molecule has 1 aliphatic rings. The molecule has 0 N–H and O–H groups in total. The van der Waals surface area contributed by atoms with Crippen LogP contribution < -0.4 is 9.47 Å². The summed E-state index contributed by atoms with van der Waals surface area (Å²) in [5, 5.41) is 0. The number of morpholine rings is 1. The highest BCUT2D eigenvalue weighted by Crippen LogP contribution is 2.21. The van der Waals surface area contributed by atoms with Crippen molar-refractivity contribution in [2.45, 2.75) is 6.61 Å². The van der Waals surface area contributed by atoms with E-state index in [-0.39, 0.29) is 6.09 Å². The SMILES string of the molecule is O=C(Oc1cccc(OCc2ccccc2)c1)N1CCOCC1. The van der Waals surface area contributed by atoms with E-state index in [1.54, 1.807) is 17.0 Å². The van der Waals surface area contributed by atoms with Gasteiger partial charge in [0.05, 0.1) is 13.2 Å². The highest BCUT2D eigenvalue weighted by Gasteiger charge is 2.18. The highest BCUT2D eigenvalue weighted by atomic mass is 16.6. The molecule has 0 unspecified atom stereocenters. The van der Waals surface area contributed by atoms with Gasteiger partial charge in [-0.3, -0.25) is 0 Å². The Balaban J connectivity index is 1.57. The van der Waals surface area contributed by atoms with E-state index < -0.39 is 0 Å². The summed E-state index contributed by atoms with van der Waals surface area (Å²) in [7, 11) is 0. The fourth-order valence-corrected chi connectivity index (χ4v) is 2.28. The summed E-state index contributed by atoms with van der Waals surface area (Å²) in [5.74, 6) is 1.15. The summed E-state index contributed by atoms with van der Waals surface area (Å²) in [6.45, 7) is 2.69. The predicted octanol–water partition coefficient (Wildman–Crippen LogP) is 3.10. The number of carbonyl (C=O) groups is 1. The molecule has 0 aliphatic carbocycles. The average Bonchev–Trinajstić information content (AvgIpc) is 2.62. The molecule has 0 spiro atoms. The highest BCUT2D eigenvalue weighted by molar-refractivity contribution is 5.70. The topological polar surface area (TPSA) is 48.0 Å². The van der Waals surface area contributed by atoms with Crippen LogP contribution in [0.5, 0.6) is 11.5 Å². The number of nitrogens with zero attached hydrogens (tertiary/aromatic N) is 1. The van der Waals surface area contributed by atoms with E-state index in [0.717, 1.165) is 5.56 Å². The fourth-order valence-electron chi connectivity index (χ4n) is 2.28. The Morgan fingerprint density at radius 1 is 1.00 bits per heavy atom. The van der Waals surface area contributed by atoms with Crippen LogP contribution >= 0.6 is 0 Å². The Morgan fingerprint density at radius 3 is 2.52 bits per heavy atom. The van der Waals surface area contributed by atoms with E-state index in [9.17, 15) is 4.79 Å². The zero-order valence-electron chi connectivity index (χ0n) is 12.8. The molecule has 1 amide bonds. The fraction of sp³-hybridized carbons (Fsp3) is 0.278. The molecule has 2 aromatic rings. The zero-order valence-corrected chi connectivity index (χ0v) is 12.8. The van der Waals surface area contributed by atoms with Gasteiger partial charge in [-0.1, -0.05) is 36.4 Å². The van der Waals surface area contributed by atoms with Gasteiger partial charge in [-0.2, -0.15) is 0 Å². The van der Waals surface area contributed by atoms with E-state index in [4.69, 9.17) is 14.2 Å². The number of amides is 1.